The maximum atomic E-state index is 11.5. The number of carbonyl (C=O) groups is 2. The maximum absolute atomic E-state index is 11.5. The second-order valence-electron chi connectivity index (χ2n) is 5.12. The van der Waals surface area contributed by atoms with Crippen molar-refractivity contribution in [2.45, 2.75) is 20.8 Å². The zero-order valence-corrected chi connectivity index (χ0v) is 12.9. The number of rotatable bonds is 3. The monoisotopic (exact) mass is 318 g/mol. The van der Waals surface area contributed by atoms with E-state index in [9.17, 15) is 9.59 Å². The third-order valence-corrected chi connectivity index (χ3v) is 2.78. The van der Waals surface area contributed by atoms with Crippen LogP contribution in [0.25, 0.3) is 0 Å². The molecule has 110 valence electrons. The standard InChI is InChI=1S/C13H16Cl2N2O3/c1-13(2,3)12(19)17-16-11(18)7-20-10-5-4-8(14)6-9(10)15/h4-6H,7H2,1-3H3,(H,16,18)(H,17,19). The van der Waals surface area contributed by atoms with Crippen molar-refractivity contribution in [3.8, 4) is 5.75 Å². The summed E-state index contributed by atoms with van der Waals surface area (Å²) in [5, 5.41) is 0.785. The molecule has 0 aliphatic carbocycles. The van der Waals surface area contributed by atoms with E-state index in [0.29, 0.717) is 15.8 Å². The van der Waals surface area contributed by atoms with Gasteiger partial charge in [-0.25, -0.2) is 0 Å². The van der Waals surface area contributed by atoms with Crippen LogP contribution in [-0.4, -0.2) is 18.4 Å². The number of halogens is 2. The predicted octanol–water partition coefficient (Wildman–Crippen LogP) is 2.57. The zero-order valence-electron chi connectivity index (χ0n) is 11.4. The van der Waals surface area contributed by atoms with E-state index in [1.54, 1.807) is 32.9 Å². The van der Waals surface area contributed by atoms with Gasteiger partial charge in [-0.3, -0.25) is 20.4 Å². The molecule has 0 aliphatic heterocycles. The van der Waals surface area contributed by atoms with E-state index < -0.39 is 11.3 Å². The van der Waals surface area contributed by atoms with Gasteiger partial charge in [-0.2, -0.15) is 0 Å². The van der Waals surface area contributed by atoms with E-state index in [1.807, 2.05) is 0 Å². The van der Waals surface area contributed by atoms with E-state index >= 15 is 0 Å². The Morgan fingerprint density at radius 2 is 1.85 bits per heavy atom. The lowest BCUT2D eigenvalue weighted by Crippen LogP contribution is -2.48. The summed E-state index contributed by atoms with van der Waals surface area (Å²) in [5.41, 5.74) is 3.98. The highest BCUT2D eigenvalue weighted by molar-refractivity contribution is 6.35. The minimum atomic E-state index is -0.590. The molecular weight excluding hydrogens is 303 g/mol. The largest absolute Gasteiger partial charge is 0.482 e. The van der Waals surface area contributed by atoms with Gasteiger partial charge in [0, 0.05) is 10.4 Å². The molecule has 0 unspecified atom stereocenters. The fourth-order valence-electron chi connectivity index (χ4n) is 1.09. The number of carbonyl (C=O) groups excluding carboxylic acids is 2. The van der Waals surface area contributed by atoms with Crippen molar-refractivity contribution in [3.05, 3.63) is 28.2 Å². The maximum Gasteiger partial charge on any atom is 0.276 e. The first-order valence-electron chi connectivity index (χ1n) is 5.87. The topological polar surface area (TPSA) is 67.4 Å². The van der Waals surface area contributed by atoms with Gasteiger partial charge < -0.3 is 4.74 Å². The van der Waals surface area contributed by atoms with Crippen LogP contribution in [0.2, 0.25) is 10.0 Å². The van der Waals surface area contributed by atoms with Crippen LogP contribution < -0.4 is 15.6 Å². The second-order valence-corrected chi connectivity index (χ2v) is 5.96. The van der Waals surface area contributed by atoms with E-state index in [2.05, 4.69) is 10.9 Å². The lowest BCUT2D eigenvalue weighted by molar-refractivity contribution is -0.134. The van der Waals surface area contributed by atoms with Crippen molar-refractivity contribution in [1.29, 1.82) is 0 Å². The van der Waals surface area contributed by atoms with Crippen LogP contribution in [0.4, 0.5) is 0 Å². The van der Waals surface area contributed by atoms with Gasteiger partial charge in [-0.1, -0.05) is 44.0 Å². The molecule has 20 heavy (non-hydrogen) atoms. The van der Waals surface area contributed by atoms with Gasteiger partial charge in [-0.05, 0) is 18.2 Å². The van der Waals surface area contributed by atoms with Crippen LogP contribution in [0.15, 0.2) is 18.2 Å². The molecule has 0 saturated heterocycles. The predicted molar refractivity (Wildman–Crippen MR) is 77.7 cm³/mol. The Labute approximate surface area is 127 Å². The van der Waals surface area contributed by atoms with Gasteiger partial charge >= 0.3 is 0 Å². The van der Waals surface area contributed by atoms with Crippen LogP contribution >= 0.6 is 23.2 Å². The highest BCUT2D eigenvalue weighted by Crippen LogP contribution is 2.27. The van der Waals surface area contributed by atoms with Crippen molar-refractivity contribution in [3.63, 3.8) is 0 Å². The molecule has 1 aromatic carbocycles. The first-order valence-corrected chi connectivity index (χ1v) is 6.63. The average molecular weight is 319 g/mol. The molecule has 0 atom stereocenters. The SMILES string of the molecule is CC(C)(C)C(=O)NNC(=O)COc1ccc(Cl)cc1Cl. The van der Waals surface area contributed by atoms with Gasteiger partial charge in [0.25, 0.3) is 5.91 Å². The number of benzene rings is 1. The molecule has 2 N–H and O–H groups in total. The summed E-state index contributed by atoms with van der Waals surface area (Å²) in [7, 11) is 0. The van der Waals surface area contributed by atoms with Crippen LogP contribution in [0.1, 0.15) is 20.8 Å². The molecule has 7 heteroatoms. The van der Waals surface area contributed by atoms with Crippen molar-refractivity contribution >= 4 is 35.0 Å². The molecule has 1 rings (SSSR count). The molecule has 0 saturated carbocycles. The molecule has 5 nitrogen and oxygen atoms in total. The van der Waals surface area contributed by atoms with Crippen LogP contribution in [0, 0.1) is 5.41 Å². The van der Waals surface area contributed by atoms with E-state index in [1.165, 1.54) is 6.07 Å². The summed E-state index contributed by atoms with van der Waals surface area (Å²) in [4.78, 5) is 23.0. The normalized spacial score (nSPS) is 10.8. The van der Waals surface area contributed by atoms with Gasteiger partial charge in [0.15, 0.2) is 6.61 Å². The van der Waals surface area contributed by atoms with Crippen LogP contribution in [0.5, 0.6) is 5.75 Å². The minimum absolute atomic E-state index is 0.272. The summed E-state index contributed by atoms with van der Waals surface area (Å²) < 4.78 is 5.22. The van der Waals surface area contributed by atoms with Gasteiger partial charge in [-0.15, -0.1) is 0 Å². The molecule has 2 amide bonds. The number of hydrazine groups is 1. The number of hydrogen-bond donors (Lipinski definition) is 2. The van der Waals surface area contributed by atoms with Crippen LogP contribution in [-0.2, 0) is 9.59 Å². The van der Waals surface area contributed by atoms with E-state index in [0.717, 1.165) is 0 Å². The van der Waals surface area contributed by atoms with E-state index in [-0.39, 0.29) is 12.5 Å². The smallest absolute Gasteiger partial charge is 0.276 e. The minimum Gasteiger partial charge on any atom is -0.482 e. The van der Waals surface area contributed by atoms with Crippen molar-refractivity contribution in [2.24, 2.45) is 5.41 Å². The van der Waals surface area contributed by atoms with Crippen molar-refractivity contribution in [2.75, 3.05) is 6.61 Å². The summed E-state index contributed by atoms with van der Waals surface area (Å²) >= 11 is 11.6. The fourth-order valence-corrected chi connectivity index (χ4v) is 1.55. The van der Waals surface area contributed by atoms with Gasteiger partial charge in [0.05, 0.1) is 5.02 Å². The molecule has 0 fully saturated rings. The summed E-state index contributed by atoms with van der Waals surface area (Å²) in [6, 6.07) is 4.67. The Morgan fingerprint density at radius 1 is 1.20 bits per heavy atom. The zero-order chi connectivity index (χ0) is 15.3. The van der Waals surface area contributed by atoms with Crippen molar-refractivity contribution < 1.29 is 14.3 Å². The quantitative estimate of drug-likeness (QED) is 0.842. The molecule has 1 aromatic rings. The fraction of sp³-hybridized carbons (Fsp3) is 0.385. The highest BCUT2D eigenvalue weighted by Gasteiger charge is 2.21. The molecular formula is C13H16Cl2N2O3. The van der Waals surface area contributed by atoms with Gasteiger partial charge in [0.1, 0.15) is 5.75 Å². The molecule has 0 aliphatic rings. The number of hydrogen-bond acceptors (Lipinski definition) is 3. The highest BCUT2D eigenvalue weighted by atomic mass is 35.5. The Kier molecular flexibility index (Phi) is 5.65. The lowest BCUT2D eigenvalue weighted by Gasteiger charge is -2.18. The Hall–Kier alpha value is -1.46. The molecule has 0 bridgehead atoms. The lowest BCUT2D eigenvalue weighted by atomic mass is 9.96. The Bertz CT molecular complexity index is 513. The second kappa shape index (κ2) is 6.81. The van der Waals surface area contributed by atoms with E-state index in [4.69, 9.17) is 27.9 Å². The number of nitrogens with one attached hydrogen (secondary N) is 2. The van der Waals surface area contributed by atoms with Gasteiger partial charge in [0.2, 0.25) is 5.91 Å². The first-order chi connectivity index (χ1) is 9.20. The summed E-state index contributed by atoms with van der Waals surface area (Å²) in [6.07, 6.45) is 0. The summed E-state index contributed by atoms with van der Waals surface area (Å²) in [5.74, 6) is -0.447. The Balaban J connectivity index is 2.42. The molecule has 0 radical (unpaired) electrons. The van der Waals surface area contributed by atoms with Crippen molar-refractivity contribution in [1.82, 2.24) is 10.9 Å². The third-order valence-electron chi connectivity index (χ3n) is 2.25. The summed E-state index contributed by atoms with van der Waals surface area (Å²) in [6.45, 7) is 4.93. The molecule has 0 aromatic heterocycles. The third kappa shape index (κ3) is 5.27. The number of ether oxygens (including phenoxy) is 1. The number of amides is 2. The molecule has 0 heterocycles. The average Bonchev–Trinajstić information content (AvgIpc) is 2.33. The Morgan fingerprint density at radius 3 is 2.40 bits per heavy atom. The van der Waals surface area contributed by atoms with Crippen LogP contribution in [0.3, 0.4) is 0 Å². The first kappa shape index (κ1) is 16.6. The molecule has 0 spiro atoms.